The van der Waals surface area contributed by atoms with Crippen LogP contribution in [0, 0.1) is 6.92 Å². The molecule has 0 aliphatic carbocycles. The summed E-state index contributed by atoms with van der Waals surface area (Å²) in [6, 6.07) is 6.09. The first-order valence-corrected chi connectivity index (χ1v) is 5.63. The van der Waals surface area contributed by atoms with E-state index >= 15 is 0 Å². The summed E-state index contributed by atoms with van der Waals surface area (Å²) in [5, 5.41) is 6.00. The highest BCUT2D eigenvalue weighted by molar-refractivity contribution is 9.10. The van der Waals surface area contributed by atoms with Gasteiger partial charge in [-0.25, -0.2) is 0 Å². The van der Waals surface area contributed by atoms with Crippen LogP contribution in [0.4, 0.5) is 5.69 Å². The van der Waals surface area contributed by atoms with E-state index < -0.39 is 0 Å². The van der Waals surface area contributed by atoms with E-state index in [1.807, 2.05) is 25.1 Å². The number of benzene rings is 1. The van der Waals surface area contributed by atoms with Crippen molar-refractivity contribution in [3.8, 4) is 0 Å². The lowest BCUT2D eigenvalue weighted by Crippen LogP contribution is -2.26. The van der Waals surface area contributed by atoms with Gasteiger partial charge in [0.2, 0.25) is 5.91 Å². The van der Waals surface area contributed by atoms with Gasteiger partial charge >= 0.3 is 0 Å². The molecule has 82 valence electrons. The van der Waals surface area contributed by atoms with E-state index in [0.717, 1.165) is 16.7 Å². The summed E-state index contributed by atoms with van der Waals surface area (Å²) in [5.41, 5.74) is 2.29. The highest BCUT2D eigenvalue weighted by Gasteiger charge is 1.98. The Morgan fingerprint density at radius 1 is 1.40 bits per heavy atom. The molecule has 3 nitrogen and oxygen atoms in total. The van der Waals surface area contributed by atoms with Crippen molar-refractivity contribution >= 4 is 27.5 Å². The summed E-state index contributed by atoms with van der Waals surface area (Å²) >= 11 is 3.42. The first-order chi connectivity index (χ1) is 7.09. The Kier molecular flexibility index (Phi) is 4.62. The lowest BCUT2D eigenvalue weighted by Gasteiger charge is -2.10. The van der Waals surface area contributed by atoms with Gasteiger partial charge in [-0.2, -0.15) is 0 Å². The summed E-state index contributed by atoms with van der Waals surface area (Å²) < 4.78 is 1.05. The Morgan fingerprint density at radius 3 is 2.80 bits per heavy atom. The first-order valence-electron chi connectivity index (χ1n) is 4.84. The molecule has 0 aliphatic rings. The van der Waals surface area contributed by atoms with Crippen LogP contribution < -0.4 is 10.6 Å². The molecule has 0 bridgehead atoms. The Morgan fingerprint density at radius 2 is 2.13 bits per heavy atom. The molecule has 4 heteroatoms. The zero-order valence-corrected chi connectivity index (χ0v) is 10.5. The lowest BCUT2D eigenvalue weighted by molar-refractivity contribution is -0.118. The summed E-state index contributed by atoms with van der Waals surface area (Å²) in [4.78, 5) is 10.6. The Labute approximate surface area is 98.4 Å². The fraction of sp³-hybridized carbons (Fsp3) is 0.364. The summed E-state index contributed by atoms with van der Waals surface area (Å²) in [6.45, 7) is 4.94. The molecule has 0 saturated heterocycles. The second-order valence-corrected chi connectivity index (χ2v) is 4.28. The van der Waals surface area contributed by atoms with Crippen molar-refractivity contribution in [3.05, 3.63) is 28.2 Å². The second kappa shape index (κ2) is 5.75. The Bertz CT molecular complexity index is 352. The van der Waals surface area contributed by atoms with E-state index in [9.17, 15) is 4.79 Å². The molecule has 0 spiro atoms. The van der Waals surface area contributed by atoms with E-state index in [1.165, 1.54) is 12.5 Å². The molecule has 1 aromatic rings. The molecular weight excluding hydrogens is 256 g/mol. The molecule has 1 amide bonds. The SMILES string of the molecule is CC(=O)NCCNc1cc(Br)ccc1C. The zero-order chi connectivity index (χ0) is 11.3. The van der Waals surface area contributed by atoms with Gasteiger partial charge in [-0.1, -0.05) is 22.0 Å². The molecule has 0 radical (unpaired) electrons. The third-order valence-corrected chi connectivity index (χ3v) is 2.51. The fourth-order valence-corrected chi connectivity index (χ4v) is 1.58. The van der Waals surface area contributed by atoms with Crippen molar-refractivity contribution in [2.75, 3.05) is 18.4 Å². The Balaban J connectivity index is 2.43. The van der Waals surface area contributed by atoms with Crippen LogP contribution >= 0.6 is 15.9 Å². The number of hydrogen-bond acceptors (Lipinski definition) is 2. The minimum atomic E-state index is 0.00256. The minimum Gasteiger partial charge on any atom is -0.383 e. The van der Waals surface area contributed by atoms with Crippen LogP contribution in [0.2, 0.25) is 0 Å². The number of nitrogens with one attached hydrogen (secondary N) is 2. The molecular formula is C11H15BrN2O. The number of halogens is 1. The van der Waals surface area contributed by atoms with Gasteiger partial charge in [-0.3, -0.25) is 4.79 Å². The Hall–Kier alpha value is -1.03. The predicted octanol–water partition coefficient (Wildman–Crippen LogP) is 2.31. The van der Waals surface area contributed by atoms with Gasteiger partial charge in [0.1, 0.15) is 0 Å². The van der Waals surface area contributed by atoms with Crippen molar-refractivity contribution in [2.45, 2.75) is 13.8 Å². The average molecular weight is 271 g/mol. The maximum absolute atomic E-state index is 10.6. The normalized spacial score (nSPS) is 9.80. The molecule has 2 N–H and O–H groups in total. The van der Waals surface area contributed by atoms with E-state index in [4.69, 9.17) is 0 Å². The third kappa shape index (κ3) is 4.34. The number of amides is 1. The molecule has 15 heavy (non-hydrogen) atoms. The number of aryl methyl sites for hydroxylation is 1. The predicted molar refractivity (Wildman–Crippen MR) is 66.1 cm³/mol. The van der Waals surface area contributed by atoms with Crippen molar-refractivity contribution < 1.29 is 4.79 Å². The van der Waals surface area contributed by atoms with E-state index in [-0.39, 0.29) is 5.91 Å². The number of anilines is 1. The van der Waals surface area contributed by atoms with Crippen molar-refractivity contribution in [2.24, 2.45) is 0 Å². The summed E-state index contributed by atoms with van der Waals surface area (Å²) in [7, 11) is 0. The van der Waals surface area contributed by atoms with Crippen LogP contribution in [-0.2, 0) is 4.79 Å². The van der Waals surface area contributed by atoms with Gasteiger partial charge in [0.25, 0.3) is 0 Å². The van der Waals surface area contributed by atoms with Crippen LogP contribution in [0.25, 0.3) is 0 Å². The maximum atomic E-state index is 10.6. The van der Waals surface area contributed by atoms with E-state index in [0.29, 0.717) is 6.54 Å². The number of carbonyl (C=O) groups excluding carboxylic acids is 1. The highest BCUT2D eigenvalue weighted by atomic mass is 79.9. The molecule has 0 aromatic heterocycles. The summed E-state index contributed by atoms with van der Waals surface area (Å²) in [5.74, 6) is 0.00256. The highest BCUT2D eigenvalue weighted by Crippen LogP contribution is 2.20. The van der Waals surface area contributed by atoms with Crippen LogP contribution in [0.1, 0.15) is 12.5 Å². The number of rotatable bonds is 4. The van der Waals surface area contributed by atoms with Gasteiger partial charge in [-0.05, 0) is 24.6 Å². The van der Waals surface area contributed by atoms with Crippen molar-refractivity contribution in [1.82, 2.24) is 5.32 Å². The van der Waals surface area contributed by atoms with Gasteiger partial charge in [0.05, 0.1) is 0 Å². The number of hydrogen-bond donors (Lipinski definition) is 2. The fourth-order valence-electron chi connectivity index (χ4n) is 1.22. The van der Waals surface area contributed by atoms with Gasteiger partial charge < -0.3 is 10.6 Å². The lowest BCUT2D eigenvalue weighted by atomic mass is 10.2. The molecule has 0 atom stereocenters. The van der Waals surface area contributed by atoms with E-state index in [1.54, 1.807) is 0 Å². The molecule has 0 aliphatic heterocycles. The molecule has 1 rings (SSSR count). The quantitative estimate of drug-likeness (QED) is 0.825. The van der Waals surface area contributed by atoms with Crippen LogP contribution in [0.3, 0.4) is 0 Å². The van der Waals surface area contributed by atoms with Gasteiger partial charge in [0.15, 0.2) is 0 Å². The molecule has 0 unspecified atom stereocenters. The van der Waals surface area contributed by atoms with Crippen LogP contribution in [0.15, 0.2) is 22.7 Å². The van der Waals surface area contributed by atoms with E-state index in [2.05, 4.69) is 26.6 Å². The third-order valence-electron chi connectivity index (χ3n) is 2.01. The molecule has 0 saturated carbocycles. The monoisotopic (exact) mass is 270 g/mol. The minimum absolute atomic E-state index is 0.00256. The standard InChI is InChI=1S/C11H15BrN2O/c1-8-3-4-10(12)7-11(8)14-6-5-13-9(2)15/h3-4,7,14H,5-6H2,1-2H3,(H,13,15). The smallest absolute Gasteiger partial charge is 0.216 e. The van der Waals surface area contributed by atoms with Crippen LogP contribution in [0.5, 0.6) is 0 Å². The van der Waals surface area contributed by atoms with Gasteiger partial charge in [0, 0.05) is 30.2 Å². The van der Waals surface area contributed by atoms with Crippen molar-refractivity contribution in [1.29, 1.82) is 0 Å². The zero-order valence-electron chi connectivity index (χ0n) is 8.93. The average Bonchev–Trinajstić information content (AvgIpc) is 2.17. The van der Waals surface area contributed by atoms with Crippen LogP contribution in [-0.4, -0.2) is 19.0 Å². The molecule has 1 aromatic carbocycles. The largest absolute Gasteiger partial charge is 0.383 e. The summed E-state index contributed by atoms with van der Waals surface area (Å²) in [6.07, 6.45) is 0. The number of carbonyl (C=O) groups is 1. The second-order valence-electron chi connectivity index (χ2n) is 3.37. The van der Waals surface area contributed by atoms with Gasteiger partial charge in [-0.15, -0.1) is 0 Å². The maximum Gasteiger partial charge on any atom is 0.216 e. The first kappa shape index (κ1) is 12.0. The molecule has 0 fully saturated rings. The molecule has 0 heterocycles. The van der Waals surface area contributed by atoms with Crippen molar-refractivity contribution in [3.63, 3.8) is 0 Å². The topological polar surface area (TPSA) is 41.1 Å².